The molecule has 0 aliphatic carbocycles. The number of imidazole rings is 1. The summed E-state index contributed by atoms with van der Waals surface area (Å²) >= 11 is 0. The molecule has 1 aliphatic rings. The van der Waals surface area contributed by atoms with Gasteiger partial charge in [0, 0.05) is 66.6 Å². The highest BCUT2D eigenvalue weighted by atomic mass is 19.4. The number of hydrogen-bond acceptors (Lipinski definition) is 3. The molecule has 184 valence electrons. The maximum atomic E-state index is 13.2. The third kappa shape index (κ3) is 5.13. The number of nitrogens with zero attached hydrogens (tertiary/aromatic N) is 4. The number of alkyl halides is 3. The number of nitrogens with one attached hydrogen (secondary N) is 1. The highest BCUT2D eigenvalue weighted by Crippen LogP contribution is 2.33. The summed E-state index contributed by atoms with van der Waals surface area (Å²) in [6, 6.07) is 13.6. The Bertz CT molecular complexity index is 1310. The van der Waals surface area contributed by atoms with Crippen LogP contribution in [0.1, 0.15) is 17.7 Å². The molecule has 35 heavy (non-hydrogen) atoms. The van der Waals surface area contributed by atoms with Crippen molar-refractivity contribution >= 4 is 10.9 Å². The van der Waals surface area contributed by atoms with Crippen LogP contribution >= 0.6 is 0 Å². The van der Waals surface area contributed by atoms with E-state index in [1.807, 2.05) is 13.0 Å². The molecule has 5 nitrogen and oxygen atoms in total. The van der Waals surface area contributed by atoms with Crippen molar-refractivity contribution in [2.45, 2.75) is 26.1 Å². The van der Waals surface area contributed by atoms with E-state index in [4.69, 9.17) is 0 Å². The lowest BCUT2D eigenvalue weighted by atomic mass is 10.1. The largest absolute Gasteiger partial charge is 0.416 e. The number of rotatable bonds is 6. The number of hydrogen-bond donors (Lipinski definition) is 1. The Morgan fingerprint density at radius 2 is 1.74 bits per heavy atom. The fourth-order valence-electron chi connectivity index (χ4n) is 4.80. The molecule has 0 radical (unpaired) electrons. The van der Waals surface area contributed by atoms with Crippen LogP contribution in [0.5, 0.6) is 0 Å². The van der Waals surface area contributed by atoms with Gasteiger partial charge in [-0.1, -0.05) is 12.1 Å². The molecule has 0 atom stereocenters. The first-order valence-corrected chi connectivity index (χ1v) is 12.0. The van der Waals surface area contributed by atoms with Crippen molar-refractivity contribution in [3.8, 4) is 22.6 Å². The molecule has 0 spiro atoms. The molecule has 1 aliphatic heterocycles. The molecule has 1 fully saturated rings. The van der Waals surface area contributed by atoms with Crippen molar-refractivity contribution in [1.82, 2.24) is 24.3 Å². The van der Waals surface area contributed by atoms with E-state index in [0.29, 0.717) is 17.1 Å². The third-order valence-electron chi connectivity index (χ3n) is 6.86. The van der Waals surface area contributed by atoms with Crippen LogP contribution in [0.15, 0.2) is 54.7 Å². The van der Waals surface area contributed by atoms with E-state index in [0.717, 1.165) is 74.5 Å². The summed E-state index contributed by atoms with van der Waals surface area (Å²) in [6.45, 7) is 8.45. The van der Waals surface area contributed by atoms with E-state index >= 15 is 0 Å². The fourth-order valence-corrected chi connectivity index (χ4v) is 4.80. The van der Waals surface area contributed by atoms with Gasteiger partial charge in [0.25, 0.3) is 0 Å². The number of halogens is 3. The molecule has 2 aromatic heterocycles. The Hall–Kier alpha value is -3.10. The number of aromatic nitrogens is 3. The zero-order chi connectivity index (χ0) is 24.6. The predicted molar refractivity (Wildman–Crippen MR) is 133 cm³/mol. The Morgan fingerprint density at radius 3 is 2.51 bits per heavy atom. The van der Waals surface area contributed by atoms with Crippen LogP contribution in [0.4, 0.5) is 13.2 Å². The van der Waals surface area contributed by atoms with Gasteiger partial charge in [-0.15, -0.1) is 0 Å². The maximum absolute atomic E-state index is 13.2. The second-order valence-electron chi connectivity index (χ2n) is 9.42. The van der Waals surface area contributed by atoms with E-state index in [9.17, 15) is 13.2 Å². The summed E-state index contributed by atoms with van der Waals surface area (Å²) in [7, 11) is 2.17. The monoisotopic (exact) mass is 481 g/mol. The summed E-state index contributed by atoms with van der Waals surface area (Å²) < 4.78 is 41.8. The van der Waals surface area contributed by atoms with Crippen LogP contribution in [0.25, 0.3) is 33.5 Å². The molecule has 0 unspecified atom stereocenters. The van der Waals surface area contributed by atoms with Crippen molar-refractivity contribution in [3.63, 3.8) is 0 Å². The second-order valence-corrected chi connectivity index (χ2v) is 9.42. The molecule has 3 heterocycles. The van der Waals surface area contributed by atoms with Gasteiger partial charge in [-0.25, -0.2) is 4.98 Å². The summed E-state index contributed by atoms with van der Waals surface area (Å²) in [5.74, 6) is 0.652. The summed E-state index contributed by atoms with van der Waals surface area (Å²) in [5, 5.41) is 1.12. The lowest BCUT2D eigenvalue weighted by Crippen LogP contribution is -2.44. The van der Waals surface area contributed by atoms with Gasteiger partial charge in [-0.2, -0.15) is 13.2 Å². The quantitative estimate of drug-likeness (QED) is 0.386. The Balaban J connectivity index is 1.31. The van der Waals surface area contributed by atoms with Crippen molar-refractivity contribution in [2.24, 2.45) is 0 Å². The molecule has 1 saturated heterocycles. The van der Waals surface area contributed by atoms with E-state index in [2.05, 4.69) is 55.8 Å². The Labute approximate surface area is 203 Å². The number of fused-ring (bicyclic) bond motifs is 1. The molecule has 8 heteroatoms. The Kier molecular flexibility index (Phi) is 6.42. The molecule has 0 amide bonds. The van der Waals surface area contributed by atoms with Crippen LogP contribution in [0, 0.1) is 6.92 Å². The van der Waals surface area contributed by atoms with E-state index < -0.39 is 11.7 Å². The van der Waals surface area contributed by atoms with E-state index in [-0.39, 0.29) is 0 Å². The number of aryl methyl sites for hydroxylation is 2. The third-order valence-corrected chi connectivity index (χ3v) is 6.86. The number of aromatic amines is 1. The highest BCUT2D eigenvalue weighted by Gasteiger charge is 2.30. The van der Waals surface area contributed by atoms with Gasteiger partial charge in [-0.3, -0.25) is 0 Å². The van der Waals surface area contributed by atoms with Crippen LogP contribution in [0.3, 0.4) is 0 Å². The minimum absolute atomic E-state index is 0.451. The minimum Gasteiger partial charge on any atom is -0.347 e. The molecular weight excluding hydrogens is 451 g/mol. The van der Waals surface area contributed by atoms with Gasteiger partial charge in [0.15, 0.2) is 0 Å². The predicted octanol–water partition coefficient (Wildman–Crippen LogP) is 5.66. The lowest BCUT2D eigenvalue weighted by molar-refractivity contribution is -0.137. The van der Waals surface area contributed by atoms with Gasteiger partial charge < -0.3 is 19.4 Å². The van der Waals surface area contributed by atoms with Crippen LogP contribution < -0.4 is 0 Å². The molecule has 2 aromatic carbocycles. The second kappa shape index (κ2) is 9.51. The molecule has 5 rings (SSSR count). The van der Waals surface area contributed by atoms with Gasteiger partial charge >= 0.3 is 6.18 Å². The van der Waals surface area contributed by atoms with E-state index in [1.54, 1.807) is 6.07 Å². The highest BCUT2D eigenvalue weighted by molar-refractivity contribution is 5.85. The summed E-state index contributed by atoms with van der Waals surface area (Å²) in [4.78, 5) is 12.8. The van der Waals surface area contributed by atoms with Gasteiger partial charge in [-0.05, 0) is 63.3 Å². The van der Waals surface area contributed by atoms with Crippen molar-refractivity contribution in [1.29, 1.82) is 0 Å². The van der Waals surface area contributed by atoms with Crippen molar-refractivity contribution < 1.29 is 13.2 Å². The molecular formula is C27H30F3N5. The summed E-state index contributed by atoms with van der Waals surface area (Å²) in [5.41, 5.74) is 3.14. The van der Waals surface area contributed by atoms with Crippen LogP contribution in [-0.4, -0.2) is 64.1 Å². The number of piperazine rings is 1. The first-order chi connectivity index (χ1) is 16.8. The number of likely N-dealkylation sites (N-methyl/N-ethyl adjacent to an activating group) is 1. The zero-order valence-corrected chi connectivity index (χ0v) is 20.1. The SMILES string of the molecule is Cc1[nH]c(-c2ccc3c(ccn3CCCN3CCN(C)CC3)c2)nc1-c1cccc(C(F)(F)F)c1. The normalized spacial score (nSPS) is 15.8. The van der Waals surface area contributed by atoms with Gasteiger partial charge in [0.05, 0.1) is 11.3 Å². The molecule has 0 saturated carbocycles. The van der Waals surface area contributed by atoms with Crippen molar-refractivity contribution in [3.05, 3.63) is 66.0 Å². The average molecular weight is 482 g/mol. The minimum atomic E-state index is -4.38. The summed E-state index contributed by atoms with van der Waals surface area (Å²) in [6.07, 6.45) is -1.15. The fraction of sp³-hybridized carbons (Fsp3) is 0.370. The van der Waals surface area contributed by atoms with Crippen molar-refractivity contribution in [2.75, 3.05) is 39.8 Å². The average Bonchev–Trinajstić information content (AvgIpc) is 3.43. The Morgan fingerprint density at radius 1 is 0.943 bits per heavy atom. The lowest BCUT2D eigenvalue weighted by Gasteiger charge is -2.32. The van der Waals surface area contributed by atoms with Crippen LogP contribution in [-0.2, 0) is 12.7 Å². The standard InChI is InChI=1S/C27H30F3N5/c1-19-25(21-5-3-6-23(18-21)27(28,29)30)32-26(31-19)22-7-8-24-20(17-22)9-12-35(24)11-4-10-34-15-13-33(2)14-16-34/h3,5-9,12,17-18H,4,10-11,13-16H2,1-2H3,(H,31,32). The first kappa shape index (κ1) is 23.6. The topological polar surface area (TPSA) is 40.1 Å². The zero-order valence-electron chi connectivity index (χ0n) is 20.1. The van der Waals surface area contributed by atoms with Crippen LogP contribution in [0.2, 0.25) is 0 Å². The molecule has 0 bridgehead atoms. The van der Waals surface area contributed by atoms with E-state index in [1.165, 1.54) is 11.6 Å². The first-order valence-electron chi connectivity index (χ1n) is 12.0. The molecule has 1 N–H and O–H groups in total. The maximum Gasteiger partial charge on any atom is 0.416 e. The number of benzene rings is 2. The van der Waals surface area contributed by atoms with Gasteiger partial charge in [0.1, 0.15) is 5.82 Å². The number of H-pyrrole nitrogens is 1. The smallest absolute Gasteiger partial charge is 0.347 e. The molecule has 4 aromatic rings. The van der Waals surface area contributed by atoms with Gasteiger partial charge in [0.2, 0.25) is 0 Å².